The number of ketones is 1. The highest BCUT2D eigenvalue weighted by molar-refractivity contribution is 5.96. The number of hydrogen-bond acceptors (Lipinski definition) is 2. The van der Waals surface area contributed by atoms with Crippen LogP contribution in [0.3, 0.4) is 0 Å². The molecule has 0 radical (unpaired) electrons. The zero-order valence-electron chi connectivity index (χ0n) is 9.61. The summed E-state index contributed by atoms with van der Waals surface area (Å²) in [5, 5.41) is 3.46. The molecule has 0 aromatic heterocycles. The van der Waals surface area contributed by atoms with Crippen molar-refractivity contribution < 1.29 is 4.79 Å². The normalized spacial score (nSPS) is 21.4. The summed E-state index contributed by atoms with van der Waals surface area (Å²) >= 11 is 0. The van der Waals surface area contributed by atoms with E-state index in [-0.39, 0.29) is 5.78 Å². The first-order valence-corrected chi connectivity index (χ1v) is 6.18. The van der Waals surface area contributed by atoms with Gasteiger partial charge in [-0.25, -0.2) is 0 Å². The molecule has 1 aromatic carbocycles. The molecule has 2 nitrogen and oxygen atoms in total. The molecule has 86 valence electrons. The zero-order valence-corrected chi connectivity index (χ0v) is 9.61. The predicted molar refractivity (Wildman–Crippen MR) is 65.6 cm³/mol. The number of nitrogens with one attached hydrogen (secondary N) is 1. The van der Waals surface area contributed by atoms with Crippen LogP contribution in [0.2, 0.25) is 0 Å². The van der Waals surface area contributed by atoms with E-state index < -0.39 is 0 Å². The van der Waals surface area contributed by atoms with Crippen LogP contribution < -0.4 is 5.32 Å². The van der Waals surface area contributed by atoms with Crippen LogP contribution in [0.1, 0.15) is 42.5 Å². The summed E-state index contributed by atoms with van der Waals surface area (Å²) in [6, 6.07) is 9.98. The van der Waals surface area contributed by atoms with Crippen molar-refractivity contribution in [2.45, 2.75) is 38.1 Å². The van der Waals surface area contributed by atoms with Crippen molar-refractivity contribution in [2.24, 2.45) is 0 Å². The van der Waals surface area contributed by atoms with Crippen molar-refractivity contribution in [3.63, 3.8) is 0 Å². The summed E-state index contributed by atoms with van der Waals surface area (Å²) in [7, 11) is 0. The number of carbonyl (C=O) groups is 1. The van der Waals surface area contributed by atoms with E-state index in [4.69, 9.17) is 0 Å². The molecule has 1 atom stereocenters. The Morgan fingerprint density at radius 2 is 2.00 bits per heavy atom. The molecule has 1 heterocycles. The Kier molecular flexibility index (Phi) is 4.11. The molecule has 1 N–H and O–H groups in total. The second-order valence-corrected chi connectivity index (χ2v) is 4.49. The van der Waals surface area contributed by atoms with Gasteiger partial charge in [-0.15, -0.1) is 0 Å². The molecule has 1 fully saturated rings. The van der Waals surface area contributed by atoms with Crippen LogP contribution in [-0.4, -0.2) is 18.4 Å². The summed E-state index contributed by atoms with van der Waals surface area (Å²) in [6.45, 7) is 1.06. The highest BCUT2D eigenvalue weighted by atomic mass is 16.1. The Morgan fingerprint density at radius 1 is 1.19 bits per heavy atom. The molecule has 2 heteroatoms. The van der Waals surface area contributed by atoms with Crippen LogP contribution in [0.25, 0.3) is 0 Å². The van der Waals surface area contributed by atoms with E-state index in [1.165, 1.54) is 19.3 Å². The molecular formula is C14H19NO. The topological polar surface area (TPSA) is 29.1 Å². The first-order valence-electron chi connectivity index (χ1n) is 6.18. The van der Waals surface area contributed by atoms with Gasteiger partial charge in [0.15, 0.2) is 5.78 Å². The lowest BCUT2D eigenvalue weighted by Crippen LogP contribution is -2.30. The van der Waals surface area contributed by atoms with Gasteiger partial charge < -0.3 is 5.32 Å². The van der Waals surface area contributed by atoms with E-state index in [2.05, 4.69) is 5.32 Å². The van der Waals surface area contributed by atoms with Crippen LogP contribution >= 0.6 is 0 Å². The molecule has 16 heavy (non-hydrogen) atoms. The van der Waals surface area contributed by atoms with Gasteiger partial charge >= 0.3 is 0 Å². The van der Waals surface area contributed by atoms with Crippen molar-refractivity contribution in [3.05, 3.63) is 35.9 Å². The Balaban J connectivity index is 1.91. The summed E-state index contributed by atoms with van der Waals surface area (Å²) in [5.41, 5.74) is 0.841. The van der Waals surface area contributed by atoms with Crippen LogP contribution in [0.4, 0.5) is 0 Å². The monoisotopic (exact) mass is 217 g/mol. The lowest BCUT2D eigenvalue weighted by molar-refractivity contribution is 0.0968. The number of Topliss-reactive ketones (excluding diaryl/α,β-unsaturated/α-hetero) is 1. The van der Waals surface area contributed by atoms with Crippen LogP contribution in [0.5, 0.6) is 0 Å². The molecule has 0 spiro atoms. The molecule has 1 aliphatic rings. The second-order valence-electron chi connectivity index (χ2n) is 4.49. The van der Waals surface area contributed by atoms with E-state index >= 15 is 0 Å². The van der Waals surface area contributed by atoms with Crippen molar-refractivity contribution in [1.29, 1.82) is 0 Å². The summed E-state index contributed by atoms with van der Waals surface area (Å²) in [5.74, 6) is 0.264. The first kappa shape index (κ1) is 11.3. The fourth-order valence-corrected chi connectivity index (χ4v) is 2.24. The molecule has 2 rings (SSSR count). The molecule has 0 bridgehead atoms. The van der Waals surface area contributed by atoms with Crippen LogP contribution in [0.15, 0.2) is 30.3 Å². The van der Waals surface area contributed by atoms with Crippen molar-refractivity contribution in [3.8, 4) is 0 Å². The maximum atomic E-state index is 12.0. The van der Waals surface area contributed by atoms with E-state index in [1.807, 2.05) is 30.3 Å². The van der Waals surface area contributed by atoms with Crippen molar-refractivity contribution >= 4 is 5.78 Å². The number of benzene rings is 1. The minimum Gasteiger partial charge on any atom is -0.314 e. The molecule has 1 unspecified atom stereocenters. The third kappa shape index (κ3) is 3.17. The molecule has 0 saturated carbocycles. The van der Waals surface area contributed by atoms with Gasteiger partial charge in [0.2, 0.25) is 0 Å². The Hall–Kier alpha value is -1.15. The fraction of sp³-hybridized carbons (Fsp3) is 0.500. The van der Waals surface area contributed by atoms with Gasteiger partial charge in [-0.2, -0.15) is 0 Å². The summed E-state index contributed by atoms with van der Waals surface area (Å²) in [6.07, 6.45) is 5.57. The molecule has 0 aliphatic carbocycles. The quantitative estimate of drug-likeness (QED) is 0.789. The Bertz CT molecular complexity index is 326. The highest BCUT2D eigenvalue weighted by Crippen LogP contribution is 2.13. The van der Waals surface area contributed by atoms with Gasteiger partial charge in [0, 0.05) is 18.0 Å². The smallest absolute Gasteiger partial charge is 0.164 e. The molecule has 0 amide bonds. The SMILES string of the molecule is O=C(CC1CCCCCN1)c1ccccc1. The minimum atomic E-state index is 0.264. The summed E-state index contributed by atoms with van der Waals surface area (Å²) < 4.78 is 0. The maximum absolute atomic E-state index is 12.0. The molecular weight excluding hydrogens is 198 g/mol. The largest absolute Gasteiger partial charge is 0.314 e. The third-order valence-corrected chi connectivity index (χ3v) is 3.19. The predicted octanol–water partition coefficient (Wildman–Crippen LogP) is 2.79. The Morgan fingerprint density at radius 3 is 2.81 bits per heavy atom. The number of carbonyl (C=O) groups excluding carboxylic acids is 1. The first-order chi connectivity index (χ1) is 7.86. The average molecular weight is 217 g/mol. The van der Waals surface area contributed by atoms with Crippen LogP contribution in [0, 0.1) is 0 Å². The standard InChI is InChI=1S/C14H19NO/c16-14(12-7-3-1-4-8-12)11-13-9-5-2-6-10-15-13/h1,3-4,7-8,13,15H,2,5-6,9-11H2. The van der Waals surface area contributed by atoms with Gasteiger partial charge in [0.1, 0.15) is 0 Å². The van der Waals surface area contributed by atoms with Crippen molar-refractivity contribution in [1.82, 2.24) is 5.32 Å². The summed E-state index contributed by atoms with van der Waals surface area (Å²) in [4.78, 5) is 12.0. The molecule has 1 aromatic rings. The minimum absolute atomic E-state index is 0.264. The van der Waals surface area contributed by atoms with Crippen molar-refractivity contribution in [2.75, 3.05) is 6.54 Å². The molecule has 1 aliphatic heterocycles. The van der Waals surface area contributed by atoms with E-state index in [9.17, 15) is 4.79 Å². The molecule has 1 saturated heterocycles. The Labute approximate surface area is 97.1 Å². The second kappa shape index (κ2) is 5.80. The third-order valence-electron chi connectivity index (χ3n) is 3.19. The lowest BCUT2D eigenvalue weighted by atomic mass is 10.0. The maximum Gasteiger partial charge on any atom is 0.164 e. The van der Waals surface area contributed by atoms with Gasteiger partial charge in [-0.05, 0) is 19.4 Å². The van der Waals surface area contributed by atoms with Gasteiger partial charge in [-0.1, -0.05) is 43.2 Å². The van der Waals surface area contributed by atoms with E-state index in [1.54, 1.807) is 0 Å². The van der Waals surface area contributed by atoms with Gasteiger partial charge in [0.05, 0.1) is 0 Å². The van der Waals surface area contributed by atoms with Crippen LogP contribution in [-0.2, 0) is 0 Å². The lowest BCUT2D eigenvalue weighted by Gasteiger charge is -2.14. The highest BCUT2D eigenvalue weighted by Gasteiger charge is 2.16. The average Bonchev–Trinajstić information content (AvgIpc) is 2.59. The number of hydrogen-bond donors (Lipinski definition) is 1. The zero-order chi connectivity index (χ0) is 11.2. The van der Waals surface area contributed by atoms with Gasteiger partial charge in [-0.3, -0.25) is 4.79 Å². The van der Waals surface area contributed by atoms with Gasteiger partial charge in [0.25, 0.3) is 0 Å². The van der Waals surface area contributed by atoms with E-state index in [0.717, 1.165) is 18.5 Å². The fourth-order valence-electron chi connectivity index (χ4n) is 2.24. The number of rotatable bonds is 3. The van der Waals surface area contributed by atoms with E-state index in [0.29, 0.717) is 12.5 Å².